The lowest BCUT2D eigenvalue weighted by Gasteiger charge is -2.02. The Hall–Kier alpha value is -2.15. The molecule has 1 atom stereocenters. The highest BCUT2D eigenvalue weighted by molar-refractivity contribution is 7.84. The van der Waals surface area contributed by atoms with Crippen molar-refractivity contribution < 1.29 is 23.4 Å². The lowest BCUT2D eigenvalue weighted by atomic mass is 10.3. The number of hydrogen-bond acceptors (Lipinski definition) is 5. The molecule has 0 aliphatic carbocycles. The summed E-state index contributed by atoms with van der Waals surface area (Å²) in [5, 5.41) is 12.3. The molecule has 2 rings (SSSR count). The summed E-state index contributed by atoms with van der Waals surface area (Å²) in [5.41, 5.74) is -0.0677. The minimum atomic E-state index is -1.40. The molecule has 19 heavy (non-hydrogen) atoms. The van der Waals surface area contributed by atoms with E-state index in [2.05, 4.69) is 5.16 Å². The van der Waals surface area contributed by atoms with E-state index >= 15 is 0 Å². The third kappa shape index (κ3) is 3.00. The zero-order valence-electron chi connectivity index (χ0n) is 10.0. The summed E-state index contributed by atoms with van der Waals surface area (Å²) in [5.74, 6) is -0.426. The van der Waals surface area contributed by atoms with E-state index < -0.39 is 16.8 Å². The molecule has 0 radical (unpaired) electrons. The molecule has 0 aliphatic heterocycles. The molecule has 0 saturated carbocycles. The maximum absolute atomic E-state index is 12.1. The second kappa shape index (κ2) is 5.66. The van der Waals surface area contributed by atoms with Gasteiger partial charge < -0.3 is 14.4 Å². The molecule has 1 aromatic carbocycles. The highest BCUT2D eigenvalue weighted by Gasteiger charge is 2.18. The van der Waals surface area contributed by atoms with E-state index in [0.717, 1.165) is 6.20 Å². The van der Waals surface area contributed by atoms with Crippen molar-refractivity contribution in [2.24, 2.45) is 0 Å². The number of carbonyl (C=O) groups is 1. The topological polar surface area (TPSA) is 89.6 Å². The zero-order valence-corrected chi connectivity index (χ0v) is 10.8. The van der Waals surface area contributed by atoms with E-state index in [1.807, 2.05) is 0 Å². The molecule has 0 fully saturated rings. The Morgan fingerprint density at radius 2 is 2.11 bits per heavy atom. The van der Waals surface area contributed by atoms with Gasteiger partial charge in [0.2, 0.25) is 0 Å². The molecular weight excluding hydrogens is 270 g/mol. The predicted molar refractivity (Wildman–Crippen MR) is 66.6 cm³/mol. The van der Waals surface area contributed by atoms with Crippen LogP contribution in [-0.4, -0.2) is 27.6 Å². The monoisotopic (exact) mass is 281 g/mol. The first-order valence-corrected chi connectivity index (χ1v) is 6.63. The standard InChI is InChI=1S/C12H11NO5S/c1-17-8-2-4-9(5-3-8)19(16)7-11-10(12(14)15)6-13-18-11/h2-6H,7H2,1H3,(H,14,15). The van der Waals surface area contributed by atoms with E-state index in [0.29, 0.717) is 10.6 Å². The number of aromatic carboxylic acids is 1. The highest BCUT2D eigenvalue weighted by atomic mass is 32.2. The molecule has 0 aliphatic rings. The largest absolute Gasteiger partial charge is 0.497 e. The summed E-state index contributed by atoms with van der Waals surface area (Å²) < 4.78 is 21.9. The number of methoxy groups -OCH3 is 1. The lowest BCUT2D eigenvalue weighted by Crippen LogP contribution is -2.02. The average molecular weight is 281 g/mol. The van der Waals surface area contributed by atoms with Crippen LogP contribution in [0.15, 0.2) is 39.9 Å². The van der Waals surface area contributed by atoms with E-state index in [1.165, 1.54) is 0 Å². The van der Waals surface area contributed by atoms with Gasteiger partial charge in [-0.2, -0.15) is 0 Å². The molecule has 0 saturated heterocycles. The summed E-state index contributed by atoms with van der Waals surface area (Å²) in [6.07, 6.45) is 1.10. The maximum atomic E-state index is 12.1. The smallest absolute Gasteiger partial charge is 0.341 e. The molecule has 2 aromatic rings. The molecule has 0 amide bonds. The number of rotatable bonds is 5. The number of aromatic nitrogens is 1. The Labute approximate surface area is 111 Å². The minimum absolute atomic E-state index is 0.0338. The number of benzene rings is 1. The molecule has 7 heteroatoms. The second-order valence-corrected chi connectivity index (χ2v) is 5.08. The Morgan fingerprint density at radius 1 is 1.42 bits per heavy atom. The van der Waals surface area contributed by atoms with Crippen molar-refractivity contribution in [3.8, 4) is 5.75 Å². The first kappa shape index (κ1) is 13.3. The van der Waals surface area contributed by atoms with E-state index in [1.54, 1.807) is 31.4 Å². The van der Waals surface area contributed by atoms with E-state index in [9.17, 15) is 9.00 Å². The lowest BCUT2D eigenvalue weighted by molar-refractivity contribution is 0.0695. The Bertz CT molecular complexity index is 605. The average Bonchev–Trinajstić information content (AvgIpc) is 2.87. The molecule has 6 nitrogen and oxygen atoms in total. The van der Waals surface area contributed by atoms with Crippen LogP contribution in [0.25, 0.3) is 0 Å². The van der Waals surface area contributed by atoms with Crippen molar-refractivity contribution >= 4 is 16.8 Å². The fraction of sp³-hybridized carbons (Fsp3) is 0.167. The van der Waals surface area contributed by atoms with Crippen LogP contribution in [0, 0.1) is 0 Å². The van der Waals surface area contributed by atoms with Crippen LogP contribution >= 0.6 is 0 Å². The Balaban J connectivity index is 2.16. The third-order valence-corrected chi connectivity index (χ3v) is 3.78. The van der Waals surface area contributed by atoms with Crippen molar-refractivity contribution in [1.82, 2.24) is 5.16 Å². The fourth-order valence-corrected chi connectivity index (χ4v) is 2.52. The van der Waals surface area contributed by atoms with E-state index in [4.69, 9.17) is 14.4 Å². The molecular formula is C12H11NO5S. The number of nitrogens with zero attached hydrogens (tertiary/aromatic N) is 1. The summed E-state index contributed by atoms with van der Waals surface area (Å²) in [6.45, 7) is 0. The first-order valence-electron chi connectivity index (χ1n) is 5.31. The van der Waals surface area contributed by atoms with Gasteiger partial charge in [0.25, 0.3) is 0 Å². The Kier molecular flexibility index (Phi) is 3.96. The fourth-order valence-electron chi connectivity index (χ4n) is 1.47. The van der Waals surface area contributed by atoms with Gasteiger partial charge in [0.15, 0.2) is 5.76 Å². The van der Waals surface area contributed by atoms with E-state index in [-0.39, 0.29) is 17.1 Å². The van der Waals surface area contributed by atoms with Gasteiger partial charge in [-0.05, 0) is 24.3 Å². The van der Waals surface area contributed by atoms with Gasteiger partial charge in [0.1, 0.15) is 11.3 Å². The SMILES string of the molecule is COc1ccc(S(=O)Cc2oncc2C(=O)O)cc1. The molecule has 0 bridgehead atoms. The van der Waals surface area contributed by atoms with Crippen LogP contribution in [-0.2, 0) is 16.6 Å². The van der Waals surface area contributed by atoms with Crippen LogP contribution in [0.2, 0.25) is 0 Å². The van der Waals surface area contributed by atoms with Gasteiger partial charge in [0, 0.05) is 4.90 Å². The van der Waals surface area contributed by atoms with Crippen molar-refractivity contribution in [3.05, 3.63) is 41.8 Å². The van der Waals surface area contributed by atoms with Gasteiger partial charge in [-0.1, -0.05) is 5.16 Å². The van der Waals surface area contributed by atoms with Crippen LogP contribution in [0.3, 0.4) is 0 Å². The van der Waals surface area contributed by atoms with Crippen LogP contribution in [0.4, 0.5) is 0 Å². The zero-order chi connectivity index (χ0) is 13.8. The molecule has 0 spiro atoms. The van der Waals surface area contributed by atoms with Crippen molar-refractivity contribution in [2.45, 2.75) is 10.6 Å². The molecule has 1 N–H and O–H groups in total. The van der Waals surface area contributed by atoms with Crippen LogP contribution < -0.4 is 4.74 Å². The van der Waals surface area contributed by atoms with Gasteiger partial charge in [0.05, 0.1) is 29.9 Å². The number of hydrogen-bond donors (Lipinski definition) is 1. The van der Waals surface area contributed by atoms with Crippen molar-refractivity contribution in [2.75, 3.05) is 7.11 Å². The molecule has 1 heterocycles. The number of carboxylic acids is 1. The molecule has 1 unspecified atom stereocenters. The van der Waals surface area contributed by atoms with Crippen molar-refractivity contribution in [3.63, 3.8) is 0 Å². The van der Waals surface area contributed by atoms with Crippen molar-refractivity contribution in [1.29, 1.82) is 0 Å². The number of ether oxygens (including phenoxy) is 1. The Morgan fingerprint density at radius 3 is 2.68 bits per heavy atom. The number of carboxylic acid groups (broad SMARTS) is 1. The predicted octanol–water partition coefficient (Wildman–Crippen LogP) is 1.69. The summed E-state index contributed by atoms with van der Waals surface area (Å²) >= 11 is 0. The van der Waals surface area contributed by atoms with Gasteiger partial charge in [-0.25, -0.2) is 4.79 Å². The van der Waals surface area contributed by atoms with Gasteiger partial charge in [-0.15, -0.1) is 0 Å². The summed E-state index contributed by atoms with van der Waals surface area (Å²) in [4.78, 5) is 11.4. The summed E-state index contributed by atoms with van der Waals surface area (Å²) in [7, 11) is 0.139. The van der Waals surface area contributed by atoms with Gasteiger partial charge >= 0.3 is 5.97 Å². The first-order chi connectivity index (χ1) is 9.11. The molecule has 100 valence electrons. The molecule has 1 aromatic heterocycles. The normalized spacial score (nSPS) is 12.1. The minimum Gasteiger partial charge on any atom is -0.497 e. The highest BCUT2D eigenvalue weighted by Crippen LogP contribution is 2.18. The van der Waals surface area contributed by atoms with Gasteiger partial charge in [-0.3, -0.25) is 4.21 Å². The van der Waals surface area contributed by atoms with Crippen LogP contribution in [0.1, 0.15) is 16.1 Å². The van der Waals surface area contributed by atoms with Crippen LogP contribution in [0.5, 0.6) is 5.75 Å². The maximum Gasteiger partial charge on any atom is 0.341 e. The second-order valence-electron chi connectivity index (χ2n) is 3.63. The quantitative estimate of drug-likeness (QED) is 0.897. The third-order valence-electron chi connectivity index (χ3n) is 2.46. The summed E-state index contributed by atoms with van der Waals surface area (Å²) in [6, 6.07) is 6.69.